The van der Waals surface area contributed by atoms with Gasteiger partial charge in [-0.2, -0.15) is 0 Å². The van der Waals surface area contributed by atoms with E-state index < -0.39 is 0 Å². The molecule has 1 aromatic heterocycles. The second-order valence-electron chi connectivity index (χ2n) is 9.73. The van der Waals surface area contributed by atoms with Crippen molar-refractivity contribution < 1.29 is 0 Å². The van der Waals surface area contributed by atoms with Gasteiger partial charge in [0.15, 0.2) is 0 Å². The Kier molecular flexibility index (Phi) is 7.30. The maximum Gasteiger partial charge on any atom is 0.129 e. The molecule has 0 atom stereocenters. The van der Waals surface area contributed by atoms with Crippen molar-refractivity contribution in [3.63, 3.8) is 0 Å². The van der Waals surface area contributed by atoms with Crippen molar-refractivity contribution in [1.29, 1.82) is 0 Å². The molecule has 1 saturated heterocycles. The number of benzene rings is 1. The molecule has 0 saturated carbocycles. The van der Waals surface area contributed by atoms with Gasteiger partial charge in [-0.3, -0.25) is 0 Å². The van der Waals surface area contributed by atoms with Crippen LogP contribution in [0.2, 0.25) is 0 Å². The number of nitrogens with two attached hydrogens (primary N) is 1. The van der Waals surface area contributed by atoms with Crippen LogP contribution < -0.4 is 10.6 Å². The van der Waals surface area contributed by atoms with E-state index in [1.807, 2.05) is 0 Å². The molecule has 1 aromatic carbocycles. The van der Waals surface area contributed by atoms with Gasteiger partial charge in [-0.05, 0) is 65.8 Å². The lowest BCUT2D eigenvalue weighted by Gasteiger charge is -2.42. The fraction of sp³-hybridized carbons (Fsp3) is 0.542. The molecule has 1 aliphatic heterocycles. The Bertz CT molecular complexity index is 840. The zero-order valence-corrected chi connectivity index (χ0v) is 19.7. The number of hydrogen-bond acceptors (Lipinski definition) is 3. The first-order valence-corrected chi connectivity index (χ1v) is 10.4. The van der Waals surface area contributed by atoms with Gasteiger partial charge in [0.05, 0.1) is 5.69 Å². The largest absolute Gasteiger partial charge is 0.356 e. The zero-order chi connectivity index (χ0) is 19.2. The molecule has 1 aliphatic carbocycles. The Balaban J connectivity index is 0.00000150. The van der Waals surface area contributed by atoms with Crippen LogP contribution in [-0.2, 0) is 10.8 Å². The summed E-state index contributed by atoms with van der Waals surface area (Å²) in [7, 11) is 0. The number of anilines is 1. The fourth-order valence-electron chi connectivity index (χ4n) is 4.64. The Morgan fingerprint density at radius 2 is 1.52 bits per heavy atom. The third kappa shape index (κ3) is 4.73. The summed E-state index contributed by atoms with van der Waals surface area (Å²) in [4.78, 5) is 7.38. The molecule has 0 spiro atoms. The van der Waals surface area contributed by atoms with E-state index in [9.17, 15) is 0 Å². The van der Waals surface area contributed by atoms with Gasteiger partial charge in [0, 0.05) is 24.7 Å². The highest BCUT2D eigenvalue weighted by Crippen LogP contribution is 2.46. The van der Waals surface area contributed by atoms with Crippen LogP contribution >= 0.6 is 24.8 Å². The summed E-state index contributed by atoms with van der Waals surface area (Å²) in [5, 5.41) is 0. The molecular weight excluding hydrogens is 401 g/mol. The molecule has 1 fully saturated rings. The number of halogens is 2. The summed E-state index contributed by atoms with van der Waals surface area (Å²) in [6.45, 7) is 11.5. The van der Waals surface area contributed by atoms with Crippen LogP contribution in [0.15, 0.2) is 36.4 Å². The van der Waals surface area contributed by atoms with Gasteiger partial charge >= 0.3 is 0 Å². The van der Waals surface area contributed by atoms with Crippen molar-refractivity contribution in [2.75, 3.05) is 18.0 Å². The van der Waals surface area contributed by atoms with E-state index in [4.69, 9.17) is 10.7 Å². The molecule has 29 heavy (non-hydrogen) atoms. The van der Waals surface area contributed by atoms with E-state index in [1.54, 1.807) is 0 Å². The van der Waals surface area contributed by atoms with Crippen LogP contribution in [-0.4, -0.2) is 24.1 Å². The molecule has 160 valence electrons. The van der Waals surface area contributed by atoms with Crippen molar-refractivity contribution >= 4 is 30.6 Å². The van der Waals surface area contributed by atoms with E-state index >= 15 is 0 Å². The summed E-state index contributed by atoms with van der Waals surface area (Å²) in [6, 6.07) is 13.8. The monoisotopic (exact) mass is 435 g/mol. The van der Waals surface area contributed by atoms with Crippen molar-refractivity contribution in [3.8, 4) is 11.3 Å². The van der Waals surface area contributed by atoms with Crippen LogP contribution in [0.4, 0.5) is 5.82 Å². The van der Waals surface area contributed by atoms with Gasteiger partial charge in [-0.1, -0.05) is 45.9 Å². The number of fused-ring (bicyclic) bond motifs is 1. The summed E-state index contributed by atoms with van der Waals surface area (Å²) < 4.78 is 0. The van der Waals surface area contributed by atoms with Gasteiger partial charge in [-0.25, -0.2) is 4.98 Å². The van der Waals surface area contributed by atoms with Crippen LogP contribution in [0.3, 0.4) is 0 Å². The lowest BCUT2D eigenvalue weighted by Crippen LogP contribution is -2.40. The van der Waals surface area contributed by atoms with E-state index in [2.05, 4.69) is 69.0 Å². The molecule has 2 aromatic rings. The number of pyridine rings is 1. The number of aromatic nitrogens is 1. The maximum absolute atomic E-state index is 6.06. The lowest BCUT2D eigenvalue weighted by molar-refractivity contribution is 0.332. The molecule has 0 bridgehead atoms. The van der Waals surface area contributed by atoms with E-state index in [0.717, 1.165) is 37.4 Å². The predicted octanol–water partition coefficient (Wildman–Crippen LogP) is 5.87. The molecule has 0 amide bonds. The van der Waals surface area contributed by atoms with Gasteiger partial charge in [0.2, 0.25) is 0 Å². The van der Waals surface area contributed by atoms with Crippen LogP contribution in [0.25, 0.3) is 11.3 Å². The van der Waals surface area contributed by atoms with E-state index in [1.165, 1.54) is 29.5 Å². The highest BCUT2D eigenvalue weighted by Gasteiger charge is 2.37. The molecule has 2 heterocycles. The molecule has 2 N–H and O–H groups in total. The van der Waals surface area contributed by atoms with E-state index in [0.29, 0.717) is 6.04 Å². The van der Waals surface area contributed by atoms with Crippen molar-refractivity contribution in [2.45, 2.75) is 70.3 Å². The van der Waals surface area contributed by atoms with Crippen LogP contribution in [0.5, 0.6) is 0 Å². The molecule has 4 rings (SSSR count). The summed E-state index contributed by atoms with van der Waals surface area (Å²) in [5.41, 5.74) is 11.8. The SMILES string of the molecule is CC1(C)CCC(C)(C)c2cc(-c3cccc(N4CCC(N)CC4)n3)ccc21.Cl.Cl. The third-order valence-corrected chi connectivity index (χ3v) is 6.75. The lowest BCUT2D eigenvalue weighted by atomic mass is 9.63. The number of rotatable bonds is 2. The summed E-state index contributed by atoms with van der Waals surface area (Å²) in [6.07, 6.45) is 4.58. The highest BCUT2D eigenvalue weighted by molar-refractivity contribution is 5.85. The maximum atomic E-state index is 6.06. The quantitative estimate of drug-likeness (QED) is 0.640. The molecule has 2 aliphatic rings. The smallest absolute Gasteiger partial charge is 0.129 e. The topological polar surface area (TPSA) is 42.1 Å². The van der Waals surface area contributed by atoms with Gasteiger partial charge in [0.25, 0.3) is 0 Å². The van der Waals surface area contributed by atoms with Crippen molar-refractivity contribution in [3.05, 3.63) is 47.5 Å². The Hall–Kier alpha value is -1.29. The molecule has 5 heteroatoms. The average molecular weight is 436 g/mol. The Morgan fingerprint density at radius 3 is 2.17 bits per heavy atom. The molecule has 3 nitrogen and oxygen atoms in total. The van der Waals surface area contributed by atoms with Gasteiger partial charge in [-0.15, -0.1) is 24.8 Å². The standard InChI is InChI=1S/C24H33N3.2ClH/c1-23(2)12-13-24(3,4)20-16-17(8-9-19(20)23)21-6-5-7-22(26-21)27-14-10-18(25)11-15-27;;/h5-9,16,18H,10-15,25H2,1-4H3;2*1H. The first kappa shape index (κ1) is 24.0. The Morgan fingerprint density at radius 1 is 0.897 bits per heavy atom. The minimum absolute atomic E-state index is 0. The van der Waals surface area contributed by atoms with E-state index in [-0.39, 0.29) is 35.6 Å². The van der Waals surface area contributed by atoms with Crippen LogP contribution in [0, 0.1) is 0 Å². The summed E-state index contributed by atoms with van der Waals surface area (Å²) >= 11 is 0. The average Bonchev–Trinajstić information content (AvgIpc) is 2.66. The minimum Gasteiger partial charge on any atom is -0.356 e. The first-order chi connectivity index (χ1) is 12.8. The number of hydrogen-bond donors (Lipinski definition) is 1. The predicted molar refractivity (Wildman–Crippen MR) is 129 cm³/mol. The molecule has 0 unspecified atom stereocenters. The second kappa shape index (κ2) is 8.83. The third-order valence-electron chi connectivity index (χ3n) is 6.75. The molecule has 0 radical (unpaired) electrons. The molecular formula is C24H35Cl2N3. The normalized spacial score (nSPS) is 20.2. The summed E-state index contributed by atoms with van der Waals surface area (Å²) in [5.74, 6) is 1.08. The fourth-order valence-corrected chi connectivity index (χ4v) is 4.64. The second-order valence-corrected chi connectivity index (χ2v) is 9.73. The van der Waals surface area contributed by atoms with Crippen LogP contribution in [0.1, 0.15) is 64.5 Å². The highest BCUT2D eigenvalue weighted by atomic mass is 35.5. The van der Waals surface area contributed by atoms with Crippen molar-refractivity contribution in [1.82, 2.24) is 4.98 Å². The Labute approximate surface area is 188 Å². The zero-order valence-electron chi connectivity index (χ0n) is 18.1. The minimum atomic E-state index is 0. The number of nitrogens with zero attached hydrogens (tertiary/aromatic N) is 2. The van der Waals surface area contributed by atoms with Crippen molar-refractivity contribution in [2.24, 2.45) is 5.73 Å². The first-order valence-electron chi connectivity index (χ1n) is 10.4. The number of piperidine rings is 1. The van der Waals surface area contributed by atoms with Gasteiger partial charge in [0.1, 0.15) is 5.82 Å². The van der Waals surface area contributed by atoms with Gasteiger partial charge < -0.3 is 10.6 Å².